The molecule has 0 radical (unpaired) electrons. The lowest BCUT2D eigenvalue weighted by Gasteiger charge is -2.20. The number of carbonyl (C=O) groups is 1. The van der Waals surface area contributed by atoms with E-state index < -0.39 is 0 Å². The molecule has 31 heavy (non-hydrogen) atoms. The SMILES string of the molecule is CN=C(NCCC(=O)NC1CCCC1)NCc1cccc(OC)c1OC1CCCC1.I. The Labute approximate surface area is 203 Å². The number of hydrogen-bond acceptors (Lipinski definition) is 4. The van der Waals surface area contributed by atoms with E-state index in [-0.39, 0.29) is 36.0 Å². The van der Waals surface area contributed by atoms with Gasteiger partial charge in [0.1, 0.15) is 0 Å². The molecule has 7 nitrogen and oxygen atoms in total. The fourth-order valence-electron chi connectivity index (χ4n) is 4.23. The van der Waals surface area contributed by atoms with Crippen molar-refractivity contribution in [3.8, 4) is 11.5 Å². The average Bonchev–Trinajstić information content (AvgIpc) is 3.45. The number of nitrogens with zero attached hydrogens (tertiary/aromatic N) is 1. The zero-order valence-corrected chi connectivity index (χ0v) is 21.1. The number of halogens is 1. The summed E-state index contributed by atoms with van der Waals surface area (Å²) >= 11 is 0. The van der Waals surface area contributed by atoms with E-state index in [9.17, 15) is 4.79 Å². The molecule has 3 N–H and O–H groups in total. The summed E-state index contributed by atoms with van der Waals surface area (Å²) in [7, 11) is 3.40. The number of carbonyl (C=O) groups excluding carboxylic acids is 1. The van der Waals surface area contributed by atoms with Gasteiger partial charge in [-0.25, -0.2) is 0 Å². The monoisotopic (exact) mass is 544 g/mol. The Morgan fingerprint density at radius 1 is 1.10 bits per heavy atom. The van der Waals surface area contributed by atoms with E-state index in [0.29, 0.717) is 31.5 Å². The van der Waals surface area contributed by atoms with Crippen LogP contribution < -0.4 is 25.4 Å². The summed E-state index contributed by atoms with van der Waals surface area (Å²) < 4.78 is 11.8. The van der Waals surface area contributed by atoms with Crippen molar-refractivity contribution in [2.75, 3.05) is 20.7 Å². The first-order valence-corrected chi connectivity index (χ1v) is 11.3. The van der Waals surface area contributed by atoms with Crippen LogP contribution in [0.2, 0.25) is 0 Å². The third-order valence-corrected chi connectivity index (χ3v) is 5.90. The van der Waals surface area contributed by atoms with Crippen LogP contribution in [0.3, 0.4) is 0 Å². The van der Waals surface area contributed by atoms with Crippen molar-refractivity contribution in [1.82, 2.24) is 16.0 Å². The van der Waals surface area contributed by atoms with E-state index in [1.807, 2.05) is 18.2 Å². The number of ether oxygens (including phenoxy) is 2. The standard InChI is InChI=1S/C23H36N4O3.HI/c1-24-23(25-15-14-21(28)27-18-9-3-4-10-18)26-16-17-8-7-13-20(29-2)22(17)30-19-11-5-6-12-19;/h7-8,13,18-19H,3-6,9-12,14-16H2,1-2H3,(H,27,28)(H2,24,25,26);1H. The molecule has 0 aromatic heterocycles. The van der Waals surface area contributed by atoms with Crippen molar-refractivity contribution >= 4 is 35.8 Å². The lowest BCUT2D eigenvalue weighted by atomic mass is 10.1. The molecular formula is C23H37IN4O3. The highest BCUT2D eigenvalue weighted by Gasteiger charge is 2.21. The number of methoxy groups -OCH3 is 1. The van der Waals surface area contributed by atoms with Gasteiger partial charge in [-0.15, -0.1) is 24.0 Å². The zero-order valence-electron chi connectivity index (χ0n) is 18.7. The van der Waals surface area contributed by atoms with E-state index in [1.165, 1.54) is 25.7 Å². The van der Waals surface area contributed by atoms with Gasteiger partial charge in [-0.2, -0.15) is 0 Å². The summed E-state index contributed by atoms with van der Waals surface area (Å²) in [6.07, 6.45) is 9.97. The summed E-state index contributed by atoms with van der Waals surface area (Å²) in [5.74, 6) is 2.33. The van der Waals surface area contributed by atoms with Crippen molar-refractivity contribution in [2.24, 2.45) is 4.99 Å². The molecule has 8 heteroatoms. The number of aliphatic imine (C=N–C) groups is 1. The van der Waals surface area contributed by atoms with Gasteiger partial charge < -0.3 is 25.4 Å². The molecule has 0 aliphatic heterocycles. The molecule has 2 aliphatic carbocycles. The largest absolute Gasteiger partial charge is 0.493 e. The van der Waals surface area contributed by atoms with Gasteiger partial charge in [0.2, 0.25) is 5.91 Å². The molecule has 2 aliphatic rings. The Bertz CT molecular complexity index is 717. The molecule has 0 spiro atoms. The highest BCUT2D eigenvalue weighted by Crippen LogP contribution is 2.34. The van der Waals surface area contributed by atoms with Crippen LogP contribution in [0.15, 0.2) is 23.2 Å². The Hall–Kier alpha value is -1.71. The van der Waals surface area contributed by atoms with Crippen molar-refractivity contribution in [2.45, 2.75) is 76.5 Å². The summed E-state index contributed by atoms with van der Waals surface area (Å²) in [6.45, 7) is 1.11. The first-order chi connectivity index (χ1) is 14.7. The molecule has 3 rings (SSSR count). The summed E-state index contributed by atoms with van der Waals surface area (Å²) in [4.78, 5) is 16.4. The van der Waals surface area contributed by atoms with Crippen LogP contribution in [0, 0.1) is 0 Å². The van der Waals surface area contributed by atoms with Gasteiger partial charge in [0.25, 0.3) is 0 Å². The van der Waals surface area contributed by atoms with Gasteiger partial charge in [0.15, 0.2) is 17.5 Å². The van der Waals surface area contributed by atoms with Gasteiger partial charge in [0.05, 0.1) is 13.2 Å². The third-order valence-electron chi connectivity index (χ3n) is 5.90. The first kappa shape index (κ1) is 25.5. The van der Waals surface area contributed by atoms with Crippen LogP contribution >= 0.6 is 24.0 Å². The van der Waals surface area contributed by atoms with Gasteiger partial charge in [-0.1, -0.05) is 25.0 Å². The van der Waals surface area contributed by atoms with Crippen molar-refractivity contribution in [3.63, 3.8) is 0 Å². The minimum Gasteiger partial charge on any atom is -0.493 e. The number of para-hydroxylation sites is 1. The lowest BCUT2D eigenvalue weighted by Crippen LogP contribution is -2.40. The second-order valence-electron chi connectivity index (χ2n) is 8.12. The third kappa shape index (κ3) is 8.05. The van der Waals surface area contributed by atoms with E-state index in [0.717, 1.165) is 42.7 Å². The van der Waals surface area contributed by atoms with E-state index in [2.05, 4.69) is 20.9 Å². The maximum Gasteiger partial charge on any atom is 0.221 e. The van der Waals surface area contributed by atoms with Crippen molar-refractivity contribution in [1.29, 1.82) is 0 Å². The molecule has 1 aromatic carbocycles. The summed E-state index contributed by atoms with van der Waals surface area (Å²) in [6, 6.07) is 6.31. The van der Waals surface area contributed by atoms with Crippen LogP contribution in [-0.4, -0.2) is 44.7 Å². The van der Waals surface area contributed by atoms with Gasteiger partial charge >= 0.3 is 0 Å². The van der Waals surface area contributed by atoms with Gasteiger partial charge in [0, 0.05) is 38.2 Å². The number of hydrogen-bond donors (Lipinski definition) is 3. The van der Waals surface area contributed by atoms with Gasteiger partial charge in [-0.3, -0.25) is 9.79 Å². The molecule has 174 valence electrons. The minimum atomic E-state index is 0. The fourth-order valence-corrected chi connectivity index (χ4v) is 4.23. The van der Waals surface area contributed by atoms with E-state index in [1.54, 1.807) is 14.2 Å². The van der Waals surface area contributed by atoms with Crippen LogP contribution in [0.1, 0.15) is 63.4 Å². The Morgan fingerprint density at radius 3 is 2.48 bits per heavy atom. The first-order valence-electron chi connectivity index (χ1n) is 11.3. The number of guanidine groups is 1. The Kier molecular flexibility index (Phi) is 11.2. The van der Waals surface area contributed by atoms with Crippen LogP contribution in [0.4, 0.5) is 0 Å². The van der Waals surface area contributed by atoms with E-state index in [4.69, 9.17) is 9.47 Å². The maximum absolute atomic E-state index is 12.1. The molecular weight excluding hydrogens is 507 g/mol. The molecule has 0 unspecified atom stereocenters. The molecule has 1 aromatic rings. The van der Waals surface area contributed by atoms with Crippen LogP contribution in [0.25, 0.3) is 0 Å². The highest BCUT2D eigenvalue weighted by molar-refractivity contribution is 14.0. The van der Waals surface area contributed by atoms with E-state index >= 15 is 0 Å². The molecule has 0 atom stereocenters. The van der Waals surface area contributed by atoms with Gasteiger partial charge in [-0.05, 0) is 44.6 Å². The maximum atomic E-state index is 12.1. The summed E-state index contributed by atoms with van der Waals surface area (Å²) in [5.41, 5.74) is 1.03. The fraction of sp³-hybridized carbons (Fsp3) is 0.652. The lowest BCUT2D eigenvalue weighted by molar-refractivity contribution is -0.121. The Balaban J connectivity index is 0.00000341. The average molecular weight is 544 g/mol. The minimum absolute atomic E-state index is 0. The number of nitrogens with one attached hydrogen (secondary N) is 3. The highest BCUT2D eigenvalue weighted by atomic mass is 127. The number of amides is 1. The molecule has 0 bridgehead atoms. The van der Waals surface area contributed by atoms with Crippen LogP contribution in [0.5, 0.6) is 11.5 Å². The topological polar surface area (TPSA) is 84.0 Å². The second kappa shape index (κ2) is 13.6. The predicted octanol–water partition coefficient (Wildman–Crippen LogP) is 3.75. The molecule has 2 fully saturated rings. The number of benzene rings is 1. The molecule has 0 heterocycles. The summed E-state index contributed by atoms with van der Waals surface area (Å²) in [5, 5.41) is 9.66. The quantitative estimate of drug-likeness (QED) is 0.251. The molecule has 2 saturated carbocycles. The zero-order chi connectivity index (χ0) is 21.2. The van der Waals surface area contributed by atoms with Crippen LogP contribution in [-0.2, 0) is 11.3 Å². The molecule has 0 saturated heterocycles. The normalized spacial score (nSPS) is 17.2. The Morgan fingerprint density at radius 2 is 1.81 bits per heavy atom. The van der Waals surface area contributed by atoms with Crippen molar-refractivity contribution in [3.05, 3.63) is 23.8 Å². The van der Waals surface area contributed by atoms with Crippen molar-refractivity contribution < 1.29 is 14.3 Å². The predicted molar refractivity (Wildman–Crippen MR) is 135 cm³/mol. The molecule has 1 amide bonds. The smallest absolute Gasteiger partial charge is 0.221 e. The number of rotatable bonds is 9. The second-order valence-corrected chi connectivity index (χ2v) is 8.12.